The topological polar surface area (TPSA) is 51.1 Å². The molecule has 0 unspecified atom stereocenters. The number of rotatable bonds is 3. The molecule has 18 heavy (non-hydrogen) atoms. The van der Waals surface area contributed by atoms with Gasteiger partial charge < -0.3 is 9.88 Å². The van der Waals surface area contributed by atoms with Crippen LogP contribution >= 0.6 is 0 Å². The van der Waals surface area contributed by atoms with Gasteiger partial charge in [0.1, 0.15) is 5.69 Å². The third-order valence-corrected chi connectivity index (χ3v) is 2.70. The molecule has 92 valence electrons. The number of hydrogen-bond acceptors (Lipinski definition) is 2. The number of aryl methyl sites for hydroxylation is 1. The molecule has 1 amide bonds. The number of carbonyl (C=O) groups excluding carboxylic acids is 2. The van der Waals surface area contributed by atoms with Crippen LogP contribution in [0.3, 0.4) is 0 Å². The Bertz CT molecular complexity index is 599. The number of Topliss-reactive ketones (excluding diaryl/α,β-unsaturated/α-hetero) is 1. The zero-order chi connectivity index (χ0) is 13.1. The first-order valence-corrected chi connectivity index (χ1v) is 5.61. The van der Waals surface area contributed by atoms with Gasteiger partial charge in [-0.1, -0.05) is 12.1 Å². The molecule has 0 aliphatic rings. The first-order valence-electron chi connectivity index (χ1n) is 5.61. The lowest BCUT2D eigenvalue weighted by Crippen LogP contribution is -2.15. The summed E-state index contributed by atoms with van der Waals surface area (Å²) in [6, 6.07) is 10.4. The molecule has 0 spiro atoms. The quantitative estimate of drug-likeness (QED) is 0.841. The Labute approximate surface area is 105 Å². The van der Waals surface area contributed by atoms with Crippen molar-refractivity contribution in [3.05, 3.63) is 53.9 Å². The molecule has 1 heterocycles. The minimum atomic E-state index is -0.191. The number of ketones is 1. The molecule has 0 radical (unpaired) electrons. The van der Waals surface area contributed by atoms with Gasteiger partial charge in [0, 0.05) is 24.5 Å². The second kappa shape index (κ2) is 4.87. The Morgan fingerprint density at radius 2 is 1.94 bits per heavy atom. The lowest BCUT2D eigenvalue weighted by atomic mass is 10.1. The molecule has 0 aliphatic carbocycles. The summed E-state index contributed by atoms with van der Waals surface area (Å²) < 4.78 is 1.74. The summed E-state index contributed by atoms with van der Waals surface area (Å²) in [5.41, 5.74) is 1.77. The van der Waals surface area contributed by atoms with Crippen molar-refractivity contribution >= 4 is 17.4 Å². The normalized spacial score (nSPS) is 10.1. The summed E-state index contributed by atoms with van der Waals surface area (Å²) in [5, 5.41) is 2.77. The Morgan fingerprint density at radius 1 is 1.17 bits per heavy atom. The summed E-state index contributed by atoms with van der Waals surface area (Å²) in [7, 11) is 1.81. The van der Waals surface area contributed by atoms with E-state index >= 15 is 0 Å². The van der Waals surface area contributed by atoms with E-state index in [1.807, 2.05) is 0 Å². The van der Waals surface area contributed by atoms with Crippen LogP contribution < -0.4 is 5.32 Å². The van der Waals surface area contributed by atoms with Crippen LogP contribution in [0.1, 0.15) is 27.8 Å². The van der Waals surface area contributed by atoms with Gasteiger partial charge in [0.15, 0.2) is 5.78 Å². The molecule has 0 saturated carbocycles. The molecule has 2 rings (SSSR count). The third-order valence-electron chi connectivity index (χ3n) is 2.70. The van der Waals surface area contributed by atoms with Crippen LogP contribution in [0.2, 0.25) is 0 Å². The lowest BCUT2D eigenvalue weighted by molar-refractivity contribution is 0.100. The summed E-state index contributed by atoms with van der Waals surface area (Å²) >= 11 is 0. The summed E-state index contributed by atoms with van der Waals surface area (Å²) in [6.07, 6.45) is 1.81. The Morgan fingerprint density at radius 3 is 2.56 bits per heavy atom. The number of anilines is 1. The predicted molar refractivity (Wildman–Crippen MR) is 69.8 cm³/mol. The van der Waals surface area contributed by atoms with E-state index in [4.69, 9.17) is 0 Å². The fourth-order valence-electron chi connectivity index (χ4n) is 1.71. The highest BCUT2D eigenvalue weighted by molar-refractivity contribution is 6.04. The van der Waals surface area contributed by atoms with Crippen molar-refractivity contribution in [3.8, 4) is 0 Å². The minimum Gasteiger partial charge on any atom is -0.347 e. The number of benzene rings is 1. The van der Waals surface area contributed by atoms with Gasteiger partial charge >= 0.3 is 0 Å². The van der Waals surface area contributed by atoms with Gasteiger partial charge in [-0.3, -0.25) is 9.59 Å². The summed E-state index contributed by atoms with van der Waals surface area (Å²) in [6.45, 7) is 1.50. The molecule has 0 saturated heterocycles. The largest absolute Gasteiger partial charge is 0.347 e. The first-order chi connectivity index (χ1) is 8.58. The molecular formula is C14H14N2O2. The summed E-state index contributed by atoms with van der Waals surface area (Å²) in [4.78, 5) is 23.2. The van der Waals surface area contributed by atoms with E-state index in [2.05, 4.69) is 5.32 Å². The Balaban J connectivity index is 2.20. The van der Waals surface area contributed by atoms with Gasteiger partial charge in [-0.15, -0.1) is 0 Å². The van der Waals surface area contributed by atoms with Gasteiger partial charge in [0.05, 0.1) is 0 Å². The number of aromatic nitrogens is 1. The number of hydrogen-bond donors (Lipinski definition) is 1. The zero-order valence-corrected chi connectivity index (χ0v) is 10.3. The second-order valence-electron chi connectivity index (χ2n) is 4.10. The number of amides is 1. The fourth-order valence-corrected chi connectivity index (χ4v) is 1.71. The van der Waals surface area contributed by atoms with E-state index in [-0.39, 0.29) is 11.7 Å². The first kappa shape index (κ1) is 12.1. The smallest absolute Gasteiger partial charge is 0.272 e. The highest BCUT2D eigenvalue weighted by atomic mass is 16.2. The summed E-state index contributed by atoms with van der Waals surface area (Å²) in [5.74, 6) is -0.215. The van der Waals surface area contributed by atoms with Crippen LogP contribution in [0, 0.1) is 0 Å². The SMILES string of the molecule is CC(=O)c1cccc(NC(=O)c2cccn2C)c1. The molecule has 0 atom stereocenters. The van der Waals surface area contributed by atoms with Crippen LogP contribution in [-0.2, 0) is 7.05 Å². The molecule has 4 heteroatoms. The van der Waals surface area contributed by atoms with Crippen LogP contribution in [0.25, 0.3) is 0 Å². The van der Waals surface area contributed by atoms with Crippen molar-refractivity contribution in [1.29, 1.82) is 0 Å². The maximum absolute atomic E-state index is 12.0. The molecule has 2 aromatic rings. The average Bonchev–Trinajstić information content (AvgIpc) is 2.76. The van der Waals surface area contributed by atoms with Crippen molar-refractivity contribution in [3.63, 3.8) is 0 Å². The van der Waals surface area contributed by atoms with E-state index in [9.17, 15) is 9.59 Å². The Hall–Kier alpha value is -2.36. The molecule has 4 nitrogen and oxygen atoms in total. The molecule has 1 aromatic carbocycles. The zero-order valence-electron chi connectivity index (χ0n) is 10.3. The highest BCUT2D eigenvalue weighted by Gasteiger charge is 2.09. The highest BCUT2D eigenvalue weighted by Crippen LogP contribution is 2.12. The molecule has 1 N–H and O–H groups in total. The van der Waals surface area contributed by atoms with E-state index in [1.54, 1.807) is 54.2 Å². The van der Waals surface area contributed by atoms with E-state index in [0.717, 1.165) is 0 Å². The number of nitrogens with one attached hydrogen (secondary N) is 1. The molecule has 0 fully saturated rings. The van der Waals surface area contributed by atoms with E-state index in [1.165, 1.54) is 6.92 Å². The maximum Gasteiger partial charge on any atom is 0.272 e. The monoisotopic (exact) mass is 242 g/mol. The maximum atomic E-state index is 12.0. The minimum absolute atomic E-state index is 0.0232. The van der Waals surface area contributed by atoms with Crippen LogP contribution in [0.4, 0.5) is 5.69 Å². The van der Waals surface area contributed by atoms with Crippen molar-refractivity contribution in [1.82, 2.24) is 4.57 Å². The van der Waals surface area contributed by atoms with Crippen molar-refractivity contribution in [2.75, 3.05) is 5.32 Å². The molecule has 0 aliphatic heterocycles. The van der Waals surface area contributed by atoms with Gasteiger partial charge in [-0.05, 0) is 31.2 Å². The standard InChI is InChI=1S/C14H14N2O2/c1-10(17)11-5-3-6-12(9-11)15-14(18)13-7-4-8-16(13)2/h3-9H,1-2H3,(H,15,18). The molecule has 0 bridgehead atoms. The fraction of sp³-hybridized carbons (Fsp3) is 0.143. The second-order valence-corrected chi connectivity index (χ2v) is 4.10. The number of nitrogens with zero attached hydrogens (tertiary/aromatic N) is 1. The van der Waals surface area contributed by atoms with Gasteiger partial charge in [-0.2, -0.15) is 0 Å². The third kappa shape index (κ3) is 2.48. The Kier molecular flexibility index (Phi) is 3.28. The van der Waals surface area contributed by atoms with Crippen LogP contribution in [0.5, 0.6) is 0 Å². The molecular weight excluding hydrogens is 228 g/mol. The average molecular weight is 242 g/mol. The predicted octanol–water partition coefficient (Wildman–Crippen LogP) is 2.48. The number of carbonyl (C=O) groups is 2. The lowest BCUT2D eigenvalue weighted by Gasteiger charge is -2.07. The van der Waals surface area contributed by atoms with E-state index < -0.39 is 0 Å². The van der Waals surface area contributed by atoms with Crippen LogP contribution in [0.15, 0.2) is 42.6 Å². The van der Waals surface area contributed by atoms with Gasteiger partial charge in [-0.25, -0.2) is 0 Å². The van der Waals surface area contributed by atoms with Crippen molar-refractivity contribution in [2.45, 2.75) is 6.92 Å². The molecule has 1 aromatic heterocycles. The van der Waals surface area contributed by atoms with Gasteiger partial charge in [0.25, 0.3) is 5.91 Å². The van der Waals surface area contributed by atoms with Crippen molar-refractivity contribution in [2.24, 2.45) is 7.05 Å². The van der Waals surface area contributed by atoms with Crippen molar-refractivity contribution < 1.29 is 9.59 Å². The van der Waals surface area contributed by atoms with E-state index in [0.29, 0.717) is 16.9 Å². The van der Waals surface area contributed by atoms with Crippen LogP contribution in [-0.4, -0.2) is 16.3 Å². The van der Waals surface area contributed by atoms with Gasteiger partial charge in [0.2, 0.25) is 0 Å².